The number of aliphatic hydroxyl groups is 3. The van der Waals surface area contributed by atoms with Crippen molar-refractivity contribution in [2.45, 2.75) is 74.7 Å². The van der Waals surface area contributed by atoms with Gasteiger partial charge in [-0.05, 0) is 18.5 Å². The molecule has 1 fully saturated rings. The molecule has 0 aliphatic carbocycles. The summed E-state index contributed by atoms with van der Waals surface area (Å²) in [5, 5.41) is 34.0. The average Bonchev–Trinajstić information content (AvgIpc) is 3.32. The summed E-state index contributed by atoms with van der Waals surface area (Å²) in [4.78, 5) is 14.7. The molecule has 0 aromatic heterocycles. The third-order valence-corrected chi connectivity index (χ3v) is 6.73. The molecule has 3 aliphatic heterocycles. The van der Waals surface area contributed by atoms with Crippen LogP contribution in [0.1, 0.15) is 38.2 Å². The fraction of sp³-hybridized carbons (Fsp3) is 0.609. The van der Waals surface area contributed by atoms with Gasteiger partial charge in [-0.25, -0.2) is 15.0 Å². The molecule has 0 saturated carbocycles. The van der Waals surface area contributed by atoms with Gasteiger partial charge in [0.2, 0.25) is 0 Å². The van der Waals surface area contributed by atoms with Crippen LogP contribution in [0.2, 0.25) is 0 Å². The van der Waals surface area contributed by atoms with Crippen molar-refractivity contribution in [3.05, 3.63) is 35.9 Å². The van der Waals surface area contributed by atoms with Gasteiger partial charge in [-0.15, -0.1) is 12.6 Å². The second-order valence-electron chi connectivity index (χ2n) is 8.68. The number of fused-ring (bicyclic) bond motifs is 1. The Hall–Kier alpha value is -1.82. The van der Waals surface area contributed by atoms with Crippen molar-refractivity contribution in [2.24, 2.45) is 15.0 Å². The molecule has 1 saturated heterocycles. The number of rotatable bonds is 10. The van der Waals surface area contributed by atoms with E-state index < -0.39 is 42.3 Å². The van der Waals surface area contributed by atoms with Crippen molar-refractivity contribution in [3.8, 4) is 0 Å². The van der Waals surface area contributed by atoms with Gasteiger partial charge in [0.25, 0.3) is 0 Å². The number of hydrogen-bond acceptors (Lipinski definition) is 10. The van der Waals surface area contributed by atoms with Crippen LogP contribution in [0.25, 0.3) is 0 Å². The van der Waals surface area contributed by atoms with Crippen molar-refractivity contribution >= 4 is 30.5 Å². The highest BCUT2D eigenvalue weighted by atomic mass is 32.1. The van der Waals surface area contributed by atoms with Gasteiger partial charge in [0, 0.05) is 6.42 Å². The highest BCUT2D eigenvalue weighted by molar-refractivity contribution is 7.83. The number of amidine groups is 1. The number of unbranched alkanes of at least 4 members (excludes halogenated alkanes) is 3. The van der Waals surface area contributed by atoms with Gasteiger partial charge < -0.3 is 20.1 Å². The third-order valence-electron chi connectivity index (χ3n) is 6.24. The Morgan fingerprint density at radius 2 is 1.94 bits per heavy atom. The van der Waals surface area contributed by atoms with Gasteiger partial charge in [0.05, 0.1) is 6.61 Å². The van der Waals surface area contributed by atoms with Crippen LogP contribution in [0.4, 0.5) is 0 Å². The van der Waals surface area contributed by atoms with E-state index in [1.807, 2.05) is 30.3 Å². The molecule has 0 bridgehead atoms. The van der Waals surface area contributed by atoms with Crippen LogP contribution in [0.15, 0.2) is 45.3 Å². The Kier molecular flexibility index (Phi) is 7.83. The molecule has 33 heavy (non-hydrogen) atoms. The normalized spacial score (nSPS) is 33.2. The van der Waals surface area contributed by atoms with Crippen LogP contribution in [-0.4, -0.2) is 87.0 Å². The highest BCUT2D eigenvalue weighted by Gasteiger charge is 2.53. The third kappa shape index (κ3) is 5.01. The van der Waals surface area contributed by atoms with E-state index in [0.29, 0.717) is 18.0 Å². The minimum atomic E-state index is -1.23. The van der Waals surface area contributed by atoms with Crippen molar-refractivity contribution in [1.29, 1.82) is 0 Å². The Morgan fingerprint density at radius 1 is 1.15 bits per heavy atom. The molecule has 3 aliphatic rings. The summed E-state index contributed by atoms with van der Waals surface area (Å²) in [6, 6.07) is 9.93. The van der Waals surface area contributed by atoms with E-state index in [2.05, 4.69) is 22.2 Å². The molecule has 0 radical (unpaired) electrons. The van der Waals surface area contributed by atoms with Crippen LogP contribution in [0.5, 0.6) is 0 Å². The molecule has 4 rings (SSSR count). The average molecular weight is 476 g/mol. The number of benzene rings is 1. The predicted octanol–water partition coefficient (Wildman–Crippen LogP) is 0.945. The molecule has 2 unspecified atom stereocenters. The summed E-state index contributed by atoms with van der Waals surface area (Å²) in [5.41, 5.74) is 1.64. The lowest BCUT2D eigenvalue weighted by molar-refractivity contribution is -0.0833. The van der Waals surface area contributed by atoms with E-state index in [1.165, 1.54) is 6.34 Å². The summed E-state index contributed by atoms with van der Waals surface area (Å²) >= 11 is 4.92. The summed E-state index contributed by atoms with van der Waals surface area (Å²) in [6.45, 7) is 2.49. The molecule has 6 atom stereocenters. The standard InChI is InChI=1S/C23H33N5O4S/c1-2-3-4-8-11-24-22-27-19-20(28(22)21-18(31)17(30)16(13-29)32-21)25-14-26-23(19,33)12-15-9-6-5-7-10-15/h5-7,9-10,14,16-18,21-22,24,29-31,33H,2-4,8,11-13H2,1H3/t16-,17-,18-,21-,22?,23?/m1/s1. The molecule has 0 spiro atoms. The predicted molar refractivity (Wildman–Crippen MR) is 131 cm³/mol. The molecule has 9 nitrogen and oxygen atoms in total. The minimum absolute atomic E-state index is 0.399. The van der Waals surface area contributed by atoms with Gasteiger partial charge >= 0.3 is 0 Å². The van der Waals surface area contributed by atoms with Crippen molar-refractivity contribution in [2.75, 3.05) is 13.2 Å². The van der Waals surface area contributed by atoms with E-state index in [-0.39, 0.29) is 0 Å². The monoisotopic (exact) mass is 475 g/mol. The van der Waals surface area contributed by atoms with Gasteiger partial charge in [-0.3, -0.25) is 10.2 Å². The van der Waals surface area contributed by atoms with Crippen LogP contribution < -0.4 is 5.32 Å². The molecule has 3 heterocycles. The van der Waals surface area contributed by atoms with Gasteiger partial charge in [0.15, 0.2) is 23.2 Å². The van der Waals surface area contributed by atoms with E-state index in [4.69, 9.17) is 22.4 Å². The summed E-state index contributed by atoms with van der Waals surface area (Å²) in [6.07, 6.45) is 1.56. The fourth-order valence-electron chi connectivity index (χ4n) is 4.44. The second-order valence-corrected chi connectivity index (χ2v) is 9.42. The summed E-state index contributed by atoms with van der Waals surface area (Å²) in [5.74, 6) is 0.497. The Balaban J connectivity index is 1.60. The number of aliphatic imine (C=N–C) groups is 3. The number of nitrogens with zero attached hydrogens (tertiary/aromatic N) is 4. The first-order valence-electron chi connectivity index (χ1n) is 11.6. The Bertz CT molecular complexity index is 898. The lowest BCUT2D eigenvalue weighted by atomic mass is 10.00. The molecule has 1 aromatic rings. The summed E-state index contributed by atoms with van der Waals surface area (Å²) < 4.78 is 5.84. The first kappa shape index (κ1) is 24.3. The maximum atomic E-state index is 10.7. The fourth-order valence-corrected chi connectivity index (χ4v) is 4.83. The van der Waals surface area contributed by atoms with Crippen LogP contribution in [0, 0.1) is 0 Å². The maximum absolute atomic E-state index is 10.7. The van der Waals surface area contributed by atoms with Crippen LogP contribution >= 0.6 is 12.6 Å². The lowest BCUT2D eigenvalue weighted by Gasteiger charge is -2.35. The van der Waals surface area contributed by atoms with Crippen LogP contribution in [0.3, 0.4) is 0 Å². The number of ether oxygens (including phenoxy) is 1. The maximum Gasteiger partial charge on any atom is 0.180 e. The quantitative estimate of drug-likeness (QED) is 0.254. The van der Waals surface area contributed by atoms with Crippen molar-refractivity contribution in [1.82, 2.24) is 10.2 Å². The molecular weight excluding hydrogens is 442 g/mol. The second kappa shape index (κ2) is 10.6. The smallest absolute Gasteiger partial charge is 0.180 e. The van der Waals surface area contributed by atoms with E-state index in [9.17, 15) is 15.3 Å². The topological polar surface area (TPSA) is 122 Å². The molecule has 10 heteroatoms. The Labute approximate surface area is 199 Å². The number of thiol groups is 1. The van der Waals surface area contributed by atoms with Gasteiger partial charge in [-0.2, -0.15) is 0 Å². The van der Waals surface area contributed by atoms with Crippen molar-refractivity contribution in [3.63, 3.8) is 0 Å². The zero-order valence-corrected chi connectivity index (χ0v) is 19.7. The van der Waals surface area contributed by atoms with E-state index in [0.717, 1.165) is 37.8 Å². The zero-order valence-electron chi connectivity index (χ0n) is 18.8. The number of nitrogens with one attached hydrogen (secondary N) is 1. The highest BCUT2D eigenvalue weighted by Crippen LogP contribution is 2.35. The number of hydrogen-bond donors (Lipinski definition) is 5. The van der Waals surface area contributed by atoms with Gasteiger partial charge in [-0.1, -0.05) is 56.5 Å². The Morgan fingerprint density at radius 3 is 2.64 bits per heavy atom. The first-order valence-corrected chi connectivity index (χ1v) is 12.0. The minimum Gasteiger partial charge on any atom is -0.394 e. The van der Waals surface area contributed by atoms with Crippen LogP contribution in [-0.2, 0) is 11.2 Å². The molecule has 0 amide bonds. The van der Waals surface area contributed by atoms with Crippen molar-refractivity contribution < 1.29 is 20.1 Å². The number of aliphatic hydroxyl groups excluding tert-OH is 3. The SMILES string of the molecule is CCCCCCNC1N=C2C(=NC=NC2(S)Cc2ccccc2)N1[C@@H]1O[C@H](CO)[C@@H](O)[C@H]1O. The molecule has 1 aromatic carbocycles. The lowest BCUT2D eigenvalue weighted by Crippen LogP contribution is -2.56. The molecule has 4 N–H and O–H groups in total. The zero-order chi connectivity index (χ0) is 23.4. The van der Waals surface area contributed by atoms with E-state index >= 15 is 0 Å². The summed E-state index contributed by atoms with van der Waals surface area (Å²) in [7, 11) is 0. The van der Waals surface area contributed by atoms with E-state index in [1.54, 1.807) is 4.90 Å². The molecule has 180 valence electrons. The largest absolute Gasteiger partial charge is 0.394 e. The first-order chi connectivity index (χ1) is 16.0. The van der Waals surface area contributed by atoms with Gasteiger partial charge in [0.1, 0.15) is 30.4 Å². The molecular formula is C23H33N5O4S.